The lowest BCUT2D eigenvalue weighted by atomic mass is 10.1. The molecule has 1 unspecified atom stereocenters. The highest BCUT2D eigenvalue weighted by Gasteiger charge is 2.20. The molecule has 0 bridgehead atoms. The van der Waals surface area contributed by atoms with Crippen LogP contribution in [-0.4, -0.2) is 42.4 Å². The van der Waals surface area contributed by atoms with Crippen molar-refractivity contribution >= 4 is 11.7 Å². The summed E-state index contributed by atoms with van der Waals surface area (Å²) in [5.74, 6) is 0.0518. The number of aliphatic hydroxyl groups is 1. The topological polar surface area (TPSA) is 134 Å². The van der Waals surface area contributed by atoms with Gasteiger partial charge in [0, 0.05) is 13.0 Å². The molecule has 134 valence electrons. The molecular weight excluding hydrogens is 320 g/mol. The number of nitrogens with zero attached hydrogens (tertiary/aromatic N) is 1. The number of nitro groups is 1. The van der Waals surface area contributed by atoms with E-state index in [-0.39, 0.29) is 48.3 Å². The Kier molecular flexibility index (Phi) is 7.93. The van der Waals surface area contributed by atoms with Crippen molar-refractivity contribution in [1.82, 2.24) is 0 Å². The van der Waals surface area contributed by atoms with Crippen LogP contribution in [0.1, 0.15) is 25.3 Å². The fourth-order valence-corrected chi connectivity index (χ4v) is 1.98. The number of nitro benzene ring substituents is 1. The summed E-state index contributed by atoms with van der Waals surface area (Å²) in [6.07, 6.45) is 0.103. The highest BCUT2D eigenvalue weighted by molar-refractivity contribution is 5.69. The van der Waals surface area contributed by atoms with Crippen LogP contribution in [0.3, 0.4) is 0 Å². The second-order valence-electron chi connectivity index (χ2n) is 5.02. The first-order chi connectivity index (χ1) is 11.4. The molecule has 0 aliphatic carbocycles. The third kappa shape index (κ3) is 5.67. The summed E-state index contributed by atoms with van der Waals surface area (Å²) in [6.45, 7) is 1.66. The predicted octanol–water partition coefficient (Wildman–Crippen LogP) is 1.15. The van der Waals surface area contributed by atoms with Gasteiger partial charge in [0.1, 0.15) is 6.61 Å². The number of methoxy groups -OCH3 is 1. The second-order valence-corrected chi connectivity index (χ2v) is 5.02. The van der Waals surface area contributed by atoms with Gasteiger partial charge in [-0.15, -0.1) is 0 Å². The predicted molar refractivity (Wildman–Crippen MR) is 84.9 cm³/mol. The lowest BCUT2D eigenvalue weighted by Gasteiger charge is -2.17. The lowest BCUT2D eigenvalue weighted by molar-refractivity contribution is -0.386. The van der Waals surface area contributed by atoms with Gasteiger partial charge < -0.3 is 25.1 Å². The van der Waals surface area contributed by atoms with Crippen molar-refractivity contribution in [2.24, 2.45) is 5.73 Å². The fourth-order valence-electron chi connectivity index (χ4n) is 1.98. The van der Waals surface area contributed by atoms with Crippen LogP contribution < -0.4 is 15.2 Å². The summed E-state index contributed by atoms with van der Waals surface area (Å²) < 4.78 is 15.6. The summed E-state index contributed by atoms with van der Waals surface area (Å²) in [5.41, 5.74) is 5.11. The van der Waals surface area contributed by atoms with Gasteiger partial charge in [-0.25, -0.2) is 0 Å². The molecule has 0 aliphatic rings. The minimum Gasteiger partial charge on any atom is -0.493 e. The van der Waals surface area contributed by atoms with E-state index in [4.69, 9.17) is 19.9 Å². The van der Waals surface area contributed by atoms with Gasteiger partial charge >= 0.3 is 5.97 Å². The van der Waals surface area contributed by atoms with Crippen molar-refractivity contribution in [2.75, 3.05) is 20.3 Å². The van der Waals surface area contributed by atoms with Crippen LogP contribution in [0.2, 0.25) is 0 Å². The van der Waals surface area contributed by atoms with E-state index in [1.807, 2.05) is 0 Å². The van der Waals surface area contributed by atoms with Crippen molar-refractivity contribution < 1.29 is 29.0 Å². The van der Waals surface area contributed by atoms with Crippen molar-refractivity contribution in [3.05, 3.63) is 27.8 Å². The number of hydrogen-bond donors (Lipinski definition) is 2. The summed E-state index contributed by atoms with van der Waals surface area (Å²) in [4.78, 5) is 21.9. The third-order valence-corrected chi connectivity index (χ3v) is 3.20. The molecule has 0 saturated carbocycles. The van der Waals surface area contributed by atoms with Gasteiger partial charge in [0.15, 0.2) is 11.5 Å². The zero-order valence-corrected chi connectivity index (χ0v) is 13.7. The molecule has 9 heteroatoms. The highest BCUT2D eigenvalue weighted by atomic mass is 16.6. The van der Waals surface area contributed by atoms with Crippen molar-refractivity contribution in [2.45, 2.75) is 32.5 Å². The normalized spacial score (nSPS) is 11.7. The maximum atomic E-state index is 11.4. The molecule has 24 heavy (non-hydrogen) atoms. The largest absolute Gasteiger partial charge is 0.493 e. The molecule has 0 aromatic heterocycles. The van der Waals surface area contributed by atoms with Gasteiger partial charge in [0.25, 0.3) is 5.69 Å². The van der Waals surface area contributed by atoms with E-state index in [1.54, 1.807) is 6.92 Å². The average molecular weight is 342 g/mol. The highest BCUT2D eigenvalue weighted by Crippen LogP contribution is 2.35. The van der Waals surface area contributed by atoms with E-state index >= 15 is 0 Å². The molecule has 0 heterocycles. The number of hydrogen-bond acceptors (Lipinski definition) is 8. The monoisotopic (exact) mass is 342 g/mol. The molecule has 0 radical (unpaired) electrons. The van der Waals surface area contributed by atoms with Gasteiger partial charge in [-0.1, -0.05) is 0 Å². The minimum atomic E-state index is -0.604. The van der Waals surface area contributed by atoms with Crippen molar-refractivity contribution in [3.8, 4) is 11.5 Å². The number of nitrogens with two attached hydrogens (primary N) is 1. The van der Waals surface area contributed by atoms with Gasteiger partial charge in [0.2, 0.25) is 0 Å². The van der Waals surface area contributed by atoms with Crippen LogP contribution >= 0.6 is 0 Å². The van der Waals surface area contributed by atoms with E-state index in [0.29, 0.717) is 6.42 Å². The SMILES string of the molecule is COc1cc(CO)c([N+](=O)[O-])cc1OC(C)CCC(=O)OCCN. The Morgan fingerprint density at radius 3 is 2.67 bits per heavy atom. The van der Waals surface area contributed by atoms with Crippen LogP contribution in [-0.2, 0) is 16.1 Å². The zero-order chi connectivity index (χ0) is 18.1. The number of carbonyl (C=O) groups is 1. The molecule has 0 aliphatic heterocycles. The zero-order valence-electron chi connectivity index (χ0n) is 13.7. The first kappa shape index (κ1) is 19.7. The van der Waals surface area contributed by atoms with E-state index in [1.165, 1.54) is 19.2 Å². The summed E-state index contributed by atoms with van der Waals surface area (Å²) in [6, 6.07) is 2.56. The molecule has 1 aromatic rings. The van der Waals surface area contributed by atoms with Gasteiger partial charge in [-0.3, -0.25) is 14.9 Å². The van der Waals surface area contributed by atoms with Gasteiger partial charge in [-0.05, 0) is 19.4 Å². The molecule has 0 saturated heterocycles. The first-order valence-corrected chi connectivity index (χ1v) is 7.41. The second kappa shape index (κ2) is 9.68. The molecule has 1 rings (SSSR count). The van der Waals surface area contributed by atoms with Crippen LogP contribution in [0, 0.1) is 10.1 Å². The summed E-state index contributed by atoms with van der Waals surface area (Å²) in [7, 11) is 1.39. The molecule has 0 spiro atoms. The summed E-state index contributed by atoms with van der Waals surface area (Å²) in [5, 5.41) is 20.3. The molecule has 1 aromatic carbocycles. The van der Waals surface area contributed by atoms with E-state index < -0.39 is 17.6 Å². The Hall–Kier alpha value is -2.39. The molecule has 0 amide bonds. The van der Waals surface area contributed by atoms with Gasteiger partial charge in [0.05, 0.1) is 36.4 Å². The van der Waals surface area contributed by atoms with Crippen molar-refractivity contribution in [1.29, 1.82) is 0 Å². The molecule has 0 fully saturated rings. The third-order valence-electron chi connectivity index (χ3n) is 3.20. The Morgan fingerprint density at radius 1 is 1.42 bits per heavy atom. The number of esters is 1. The number of ether oxygens (including phenoxy) is 3. The molecule has 9 nitrogen and oxygen atoms in total. The van der Waals surface area contributed by atoms with Crippen LogP contribution in [0.15, 0.2) is 12.1 Å². The Morgan fingerprint density at radius 2 is 2.12 bits per heavy atom. The van der Waals surface area contributed by atoms with Crippen LogP contribution in [0.4, 0.5) is 5.69 Å². The standard InChI is InChI=1S/C15H22N2O7/c1-10(3-4-15(19)23-6-5-16)24-14-8-12(17(20)21)11(9-18)7-13(14)22-2/h7-8,10,18H,3-6,9,16H2,1-2H3. The molecule has 3 N–H and O–H groups in total. The smallest absolute Gasteiger partial charge is 0.305 e. The van der Waals surface area contributed by atoms with E-state index in [2.05, 4.69) is 0 Å². The van der Waals surface area contributed by atoms with Crippen molar-refractivity contribution in [3.63, 3.8) is 0 Å². The summed E-state index contributed by atoms with van der Waals surface area (Å²) >= 11 is 0. The molecule has 1 atom stereocenters. The van der Waals surface area contributed by atoms with E-state index in [9.17, 15) is 20.0 Å². The maximum Gasteiger partial charge on any atom is 0.305 e. The Labute approximate surface area is 139 Å². The average Bonchev–Trinajstić information content (AvgIpc) is 2.57. The van der Waals surface area contributed by atoms with E-state index in [0.717, 1.165) is 0 Å². The maximum absolute atomic E-state index is 11.4. The minimum absolute atomic E-state index is 0.127. The molecular formula is C15H22N2O7. The lowest BCUT2D eigenvalue weighted by Crippen LogP contribution is -2.18. The quantitative estimate of drug-likeness (QED) is 0.367. The Balaban J connectivity index is 2.80. The fraction of sp³-hybridized carbons (Fsp3) is 0.533. The van der Waals surface area contributed by atoms with Crippen LogP contribution in [0.25, 0.3) is 0 Å². The number of carbonyl (C=O) groups excluding carboxylic acids is 1. The first-order valence-electron chi connectivity index (χ1n) is 7.41. The number of benzene rings is 1. The number of rotatable bonds is 10. The van der Waals surface area contributed by atoms with Crippen LogP contribution in [0.5, 0.6) is 11.5 Å². The number of aliphatic hydroxyl groups excluding tert-OH is 1. The van der Waals surface area contributed by atoms with Gasteiger partial charge in [-0.2, -0.15) is 0 Å². The Bertz CT molecular complexity index is 577.